The maximum atomic E-state index is 12.4. The molecule has 0 radical (unpaired) electrons. The van der Waals surface area contributed by atoms with E-state index in [0.717, 1.165) is 25.2 Å². The van der Waals surface area contributed by atoms with E-state index in [9.17, 15) is 4.79 Å². The first-order valence-corrected chi connectivity index (χ1v) is 8.31. The maximum Gasteiger partial charge on any atom is 0.136 e. The lowest BCUT2D eigenvalue weighted by Crippen LogP contribution is -2.32. The zero-order chi connectivity index (χ0) is 13.9. The molecule has 0 aromatic heterocycles. The number of benzene rings is 1. The van der Waals surface area contributed by atoms with Crippen molar-refractivity contribution in [1.29, 1.82) is 0 Å². The van der Waals surface area contributed by atoms with Crippen LogP contribution in [0.25, 0.3) is 0 Å². The topological polar surface area (TPSA) is 17.1 Å². The summed E-state index contributed by atoms with van der Waals surface area (Å²) in [6, 6.07) is 10.8. The molecule has 0 saturated heterocycles. The molecule has 1 aromatic carbocycles. The SMILES string of the molecule is CC1CCCC(C2CC(c3ccccc3)CCC2=O)C1. The van der Waals surface area contributed by atoms with Crippen molar-refractivity contribution in [3.8, 4) is 0 Å². The fourth-order valence-corrected chi connectivity index (χ4v) is 4.39. The van der Waals surface area contributed by atoms with E-state index in [1.807, 2.05) is 0 Å². The lowest BCUT2D eigenvalue weighted by atomic mass is 9.67. The van der Waals surface area contributed by atoms with Crippen molar-refractivity contribution in [3.05, 3.63) is 35.9 Å². The van der Waals surface area contributed by atoms with Crippen LogP contribution in [0.3, 0.4) is 0 Å². The van der Waals surface area contributed by atoms with Gasteiger partial charge >= 0.3 is 0 Å². The van der Waals surface area contributed by atoms with Gasteiger partial charge in [0.25, 0.3) is 0 Å². The van der Waals surface area contributed by atoms with E-state index in [4.69, 9.17) is 0 Å². The molecule has 0 bridgehead atoms. The molecule has 2 fully saturated rings. The number of carbonyl (C=O) groups excluding carboxylic acids is 1. The first-order valence-electron chi connectivity index (χ1n) is 8.31. The van der Waals surface area contributed by atoms with Crippen LogP contribution in [0.1, 0.15) is 63.4 Å². The average Bonchev–Trinajstić information content (AvgIpc) is 2.48. The predicted molar refractivity (Wildman–Crippen MR) is 82.7 cm³/mol. The molecule has 2 saturated carbocycles. The first-order chi connectivity index (χ1) is 9.74. The molecule has 0 spiro atoms. The molecule has 1 aromatic rings. The summed E-state index contributed by atoms with van der Waals surface area (Å²) in [5.41, 5.74) is 1.44. The summed E-state index contributed by atoms with van der Waals surface area (Å²) >= 11 is 0. The molecule has 1 nitrogen and oxygen atoms in total. The first kappa shape index (κ1) is 13.9. The Morgan fingerprint density at radius 2 is 1.80 bits per heavy atom. The van der Waals surface area contributed by atoms with Crippen LogP contribution >= 0.6 is 0 Å². The van der Waals surface area contributed by atoms with Gasteiger partial charge in [-0.15, -0.1) is 0 Å². The highest BCUT2D eigenvalue weighted by Gasteiger charge is 2.36. The van der Waals surface area contributed by atoms with Crippen LogP contribution in [0, 0.1) is 17.8 Å². The molecular formula is C19H26O. The van der Waals surface area contributed by atoms with Crippen LogP contribution in [0.4, 0.5) is 0 Å². The second-order valence-corrected chi connectivity index (χ2v) is 6.99. The molecule has 1 heteroatoms. The van der Waals surface area contributed by atoms with Gasteiger partial charge < -0.3 is 0 Å². The van der Waals surface area contributed by atoms with Crippen molar-refractivity contribution < 1.29 is 4.79 Å². The van der Waals surface area contributed by atoms with Gasteiger partial charge in [-0.25, -0.2) is 0 Å². The molecule has 4 atom stereocenters. The van der Waals surface area contributed by atoms with Crippen LogP contribution in [-0.4, -0.2) is 5.78 Å². The summed E-state index contributed by atoms with van der Waals surface area (Å²) in [6.45, 7) is 2.36. The van der Waals surface area contributed by atoms with E-state index in [0.29, 0.717) is 23.5 Å². The van der Waals surface area contributed by atoms with E-state index in [1.54, 1.807) is 0 Å². The number of hydrogen-bond acceptors (Lipinski definition) is 1. The van der Waals surface area contributed by atoms with Gasteiger partial charge in [0.05, 0.1) is 0 Å². The number of carbonyl (C=O) groups is 1. The van der Waals surface area contributed by atoms with Crippen LogP contribution < -0.4 is 0 Å². The van der Waals surface area contributed by atoms with Gasteiger partial charge in [0, 0.05) is 12.3 Å². The largest absolute Gasteiger partial charge is 0.299 e. The van der Waals surface area contributed by atoms with Crippen molar-refractivity contribution in [1.82, 2.24) is 0 Å². The smallest absolute Gasteiger partial charge is 0.136 e. The summed E-state index contributed by atoms with van der Waals surface area (Å²) < 4.78 is 0. The number of hydrogen-bond donors (Lipinski definition) is 0. The molecule has 0 heterocycles. The third kappa shape index (κ3) is 2.97. The second-order valence-electron chi connectivity index (χ2n) is 6.99. The predicted octanol–water partition coefficient (Wildman–Crippen LogP) is 4.97. The van der Waals surface area contributed by atoms with Crippen LogP contribution in [0.15, 0.2) is 30.3 Å². The van der Waals surface area contributed by atoms with E-state index in [-0.39, 0.29) is 0 Å². The maximum absolute atomic E-state index is 12.4. The van der Waals surface area contributed by atoms with Gasteiger partial charge in [0.1, 0.15) is 5.78 Å². The Hall–Kier alpha value is -1.11. The van der Waals surface area contributed by atoms with E-state index >= 15 is 0 Å². The molecule has 3 rings (SSSR count). The Balaban J connectivity index is 1.72. The van der Waals surface area contributed by atoms with E-state index in [1.165, 1.54) is 31.2 Å². The molecule has 2 aliphatic rings. The van der Waals surface area contributed by atoms with Crippen molar-refractivity contribution >= 4 is 5.78 Å². The Kier molecular flexibility index (Phi) is 4.24. The minimum absolute atomic E-state index is 0.344. The van der Waals surface area contributed by atoms with Gasteiger partial charge in [0.2, 0.25) is 0 Å². The molecule has 0 N–H and O–H groups in total. The van der Waals surface area contributed by atoms with Crippen LogP contribution in [0.5, 0.6) is 0 Å². The Labute approximate surface area is 122 Å². The van der Waals surface area contributed by atoms with Crippen molar-refractivity contribution in [2.75, 3.05) is 0 Å². The van der Waals surface area contributed by atoms with Gasteiger partial charge in [-0.05, 0) is 49.0 Å². The van der Waals surface area contributed by atoms with E-state index < -0.39 is 0 Å². The highest BCUT2D eigenvalue weighted by molar-refractivity contribution is 5.82. The Bertz CT molecular complexity index is 450. The minimum atomic E-state index is 0.344. The molecule has 2 aliphatic carbocycles. The molecule has 20 heavy (non-hydrogen) atoms. The van der Waals surface area contributed by atoms with Crippen molar-refractivity contribution in [2.45, 2.75) is 57.8 Å². The van der Waals surface area contributed by atoms with E-state index in [2.05, 4.69) is 37.3 Å². The third-order valence-corrected chi connectivity index (χ3v) is 5.51. The monoisotopic (exact) mass is 270 g/mol. The number of ketones is 1. The Morgan fingerprint density at radius 1 is 1.00 bits per heavy atom. The van der Waals surface area contributed by atoms with Crippen LogP contribution in [-0.2, 0) is 4.79 Å². The highest BCUT2D eigenvalue weighted by Crippen LogP contribution is 2.43. The Morgan fingerprint density at radius 3 is 2.55 bits per heavy atom. The normalized spacial score (nSPS) is 35.0. The lowest BCUT2D eigenvalue weighted by Gasteiger charge is -2.37. The van der Waals surface area contributed by atoms with Gasteiger partial charge in [-0.2, -0.15) is 0 Å². The highest BCUT2D eigenvalue weighted by atomic mass is 16.1. The fourth-order valence-electron chi connectivity index (χ4n) is 4.39. The summed E-state index contributed by atoms with van der Waals surface area (Å²) in [4.78, 5) is 12.4. The zero-order valence-electron chi connectivity index (χ0n) is 12.6. The minimum Gasteiger partial charge on any atom is -0.299 e. The van der Waals surface area contributed by atoms with Gasteiger partial charge in [0.15, 0.2) is 0 Å². The summed E-state index contributed by atoms with van der Waals surface area (Å²) in [7, 11) is 0. The van der Waals surface area contributed by atoms with Crippen molar-refractivity contribution in [2.24, 2.45) is 17.8 Å². The molecule has 108 valence electrons. The number of Topliss-reactive ketones (excluding diaryl/α,β-unsaturated/α-hetero) is 1. The summed E-state index contributed by atoms with van der Waals surface area (Å²) in [5, 5.41) is 0. The average molecular weight is 270 g/mol. The molecule has 0 amide bonds. The molecular weight excluding hydrogens is 244 g/mol. The summed E-state index contributed by atoms with van der Waals surface area (Å²) in [5.74, 6) is 2.99. The van der Waals surface area contributed by atoms with Crippen LogP contribution in [0.2, 0.25) is 0 Å². The van der Waals surface area contributed by atoms with Gasteiger partial charge in [-0.3, -0.25) is 4.79 Å². The second kappa shape index (κ2) is 6.11. The fraction of sp³-hybridized carbons (Fsp3) is 0.632. The molecule has 0 aliphatic heterocycles. The van der Waals surface area contributed by atoms with Gasteiger partial charge in [-0.1, -0.05) is 50.1 Å². The standard InChI is InChI=1S/C19H26O/c1-14-6-5-9-17(12-14)18-13-16(10-11-19(18)20)15-7-3-2-4-8-15/h2-4,7-8,14,16-18H,5-6,9-13H2,1H3. The quantitative estimate of drug-likeness (QED) is 0.742. The third-order valence-electron chi connectivity index (χ3n) is 5.51. The zero-order valence-corrected chi connectivity index (χ0v) is 12.6. The van der Waals surface area contributed by atoms with Crippen molar-refractivity contribution in [3.63, 3.8) is 0 Å². The summed E-state index contributed by atoms with van der Waals surface area (Å²) in [6.07, 6.45) is 8.20. The molecule has 4 unspecified atom stereocenters. The number of rotatable bonds is 2. The lowest BCUT2D eigenvalue weighted by molar-refractivity contribution is -0.127.